The van der Waals surface area contributed by atoms with E-state index in [1.807, 2.05) is 6.92 Å². The Bertz CT molecular complexity index is 591. The molecule has 4 atom stereocenters. The van der Waals surface area contributed by atoms with Gasteiger partial charge >= 0.3 is 0 Å². The molecule has 0 saturated heterocycles. The highest BCUT2D eigenvalue weighted by Gasteiger charge is 2.42. The van der Waals surface area contributed by atoms with Gasteiger partial charge in [-0.3, -0.25) is 4.79 Å². The summed E-state index contributed by atoms with van der Waals surface area (Å²) in [7, 11) is 0. The first-order valence-corrected chi connectivity index (χ1v) is 8.01. The molecule has 23 heavy (non-hydrogen) atoms. The number of carbonyl (C=O) groups excluding carboxylic acids is 1. The van der Waals surface area contributed by atoms with Crippen molar-refractivity contribution in [2.75, 3.05) is 6.61 Å². The summed E-state index contributed by atoms with van der Waals surface area (Å²) in [5.74, 6) is 2.06. The maximum absolute atomic E-state index is 11.7. The van der Waals surface area contributed by atoms with E-state index < -0.39 is 6.04 Å². The quantitative estimate of drug-likeness (QED) is 0.861. The third kappa shape index (κ3) is 3.72. The molecule has 0 radical (unpaired) electrons. The van der Waals surface area contributed by atoms with Crippen LogP contribution in [0.4, 0.5) is 0 Å². The van der Waals surface area contributed by atoms with Gasteiger partial charge in [0.25, 0.3) is 0 Å². The van der Waals surface area contributed by atoms with E-state index in [1.165, 1.54) is 5.56 Å². The average Bonchev–Trinajstić information content (AvgIpc) is 3.10. The summed E-state index contributed by atoms with van der Waals surface area (Å²) in [6.45, 7) is 6.38. The lowest BCUT2D eigenvalue weighted by atomic mass is 10.0. The second-order valence-electron chi connectivity index (χ2n) is 6.31. The Hall–Kier alpha value is -1.46. The summed E-state index contributed by atoms with van der Waals surface area (Å²) in [4.78, 5) is 11.7. The normalized spacial score (nSPS) is 25.7. The number of amides is 1. The van der Waals surface area contributed by atoms with Crippen LogP contribution >= 0.6 is 12.4 Å². The minimum Gasteiger partial charge on any atom is -0.494 e. The van der Waals surface area contributed by atoms with Crippen LogP contribution in [0.5, 0.6) is 11.5 Å². The summed E-state index contributed by atoms with van der Waals surface area (Å²) in [5.41, 5.74) is 7.94. The highest BCUT2D eigenvalue weighted by Crippen LogP contribution is 2.48. The van der Waals surface area contributed by atoms with Crippen LogP contribution < -0.4 is 20.5 Å². The summed E-state index contributed by atoms with van der Waals surface area (Å²) < 4.78 is 11.7. The van der Waals surface area contributed by atoms with Gasteiger partial charge in [-0.05, 0) is 39.3 Å². The van der Waals surface area contributed by atoms with Crippen molar-refractivity contribution in [3.63, 3.8) is 0 Å². The first-order chi connectivity index (χ1) is 10.5. The van der Waals surface area contributed by atoms with Gasteiger partial charge in [0.1, 0.15) is 17.6 Å². The lowest BCUT2D eigenvalue weighted by Crippen LogP contribution is -2.39. The van der Waals surface area contributed by atoms with E-state index in [0.29, 0.717) is 6.61 Å². The summed E-state index contributed by atoms with van der Waals surface area (Å²) >= 11 is 0. The number of benzene rings is 1. The van der Waals surface area contributed by atoms with Crippen molar-refractivity contribution >= 4 is 18.3 Å². The maximum Gasteiger partial charge on any atom is 0.236 e. The van der Waals surface area contributed by atoms with Gasteiger partial charge in [0, 0.05) is 29.5 Å². The molecular formula is C17H25ClN2O3. The minimum absolute atomic E-state index is 0. The van der Waals surface area contributed by atoms with Gasteiger partial charge in [-0.2, -0.15) is 0 Å². The number of nitrogens with two attached hydrogens (primary N) is 1. The Balaban J connectivity index is 0.00000192. The van der Waals surface area contributed by atoms with Crippen molar-refractivity contribution in [3.8, 4) is 11.5 Å². The molecule has 1 amide bonds. The Labute approximate surface area is 143 Å². The van der Waals surface area contributed by atoms with E-state index in [0.717, 1.165) is 29.9 Å². The molecule has 128 valence electrons. The van der Waals surface area contributed by atoms with Crippen LogP contribution in [0.15, 0.2) is 12.1 Å². The van der Waals surface area contributed by atoms with E-state index in [1.54, 1.807) is 6.92 Å². The summed E-state index contributed by atoms with van der Waals surface area (Å²) in [6.07, 6.45) is 2.06. The Morgan fingerprint density at radius 1 is 1.52 bits per heavy atom. The summed E-state index contributed by atoms with van der Waals surface area (Å²) in [5, 5.41) is 2.99. The van der Waals surface area contributed by atoms with Crippen LogP contribution in [0.3, 0.4) is 0 Å². The summed E-state index contributed by atoms with van der Waals surface area (Å²) in [6, 6.07) is 3.86. The molecule has 2 aliphatic rings. The van der Waals surface area contributed by atoms with E-state index in [2.05, 4.69) is 24.4 Å². The molecule has 1 aliphatic heterocycles. The zero-order chi connectivity index (χ0) is 15.9. The fraction of sp³-hybridized carbons (Fsp3) is 0.588. The fourth-order valence-corrected chi connectivity index (χ4v) is 3.04. The van der Waals surface area contributed by atoms with Gasteiger partial charge in [-0.25, -0.2) is 0 Å². The maximum atomic E-state index is 11.7. The van der Waals surface area contributed by atoms with Crippen molar-refractivity contribution in [2.24, 2.45) is 5.73 Å². The first kappa shape index (κ1) is 17.9. The smallest absolute Gasteiger partial charge is 0.236 e. The molecule has 1 aliphatic carbocycles. The van der Waals surface area contributed by atoms with Crippen LogP contribution in [-0.4, -0.2) is 30.7 Å². The second kappa shape index (κ2) is 6.97. The molecule has 1 fully saturated rings. The van der Waals surface area contributed by atoms with E-state index in [4.69, 9.17) is 15.2 Å². The highest BCUT2D eigenvalue weighted by atomic mass is 35.5. The first-order valence-electron chi connectivity index (χ1n) is 8.01. The number of nitrogens with one attached hydrogen (secondary N) is 1. The third-order valence-corrected chi connectivity index (χ3v) is 4.26. The molecule has 1 saturated carbocycles. The monoisotopic (exact) mass is 340 g/mol. The van der Waals surface area contributed by atoms with E-state index in [-0.39, 0.29) is 36.4 Å². The molecule has 1 aromatic carbocycles. The van der Waals surface area contributed by atoms with Crippen LogP contribution in [0.1, 0.15) is 44.2 Å². The van der Waals surface area contributed by atoms with Crippen LogP contribution in [0, 0.1) is 0 Å². The third-order valence-electron chi connectivity index (χ3n) is 4.26. The Morgan fingerprint density at radius 2 is 2.26 bits per heavy atom. The van der Waals surface area contributed by atoms with E-state index in [9.17, 15) is 4.79 Å². The number of hydrogen-bond donors (Lipinski definition) is 2. The Morgan fingerprint density at radius 3 is 2.91 bits per heavy atom. The van der Waals surface area contributed by atoms with Crippen molar-refractivity contribution in [1.29, 1.82) is 0 Å². The van der Waals surface area contributed by atoms with Gasteiger partial charge in [0.05, 0.1) is 12.6 Å². The van der Waals surface area contributed by atoms with Crippen LogP contribution in [0.2, 0.25) is 0 Å². The molecule has 3 unspecified atom stereocenters. The Kier molecular flexibility index (Phi) is 5.42. The molecule has 5 nitrogen and oxygen atoms in total. The molecule has 0 aromatic heterocycles. The number of fused-ring (bicyclic) bond motifs is 1. The number of rotatable bonds is 5. The predicted molar refractivity (Wildman–Crippen MR) is 91.6 cm³/mol. The molecular weight excluding hydrogens is 316 g/mol. The SMILES string of the molecule is CCOc1cc2c(cc1C1CC1NC(=O)[C@@H](C)N)OC(C)C2.Cl. The number of carbonyl (C=O) groups is 1. The molecule has 1 aromatic rings. The van der Waals surface area contributed by atoms with E-state index >= 15 is 0 Å². The zero-order valence-electron chi connectivity index (χ0n) is 13.8. The number of ether oxygens (including phenoxy) is 2. The minimum atomic E-state index is -0.475. The highest BCUT2D eigenvalue weighted by molar-refractivity contribution is 5.85. The molecule has 3 N–H and O–H groups in total. The largest absolute Gasteiger partial charge is 0.494 e. The average molecular weight is 341 g/mol. The van der Waals surface area contributed by atoms with Crippen LogP contribution in [-0.2, 0) is 11.2 Å². The number of halogens is 1. The van der Waals surface area contributed by atoms with Crippen molar-refractivity contribution in [1.82, 2.24) is 5.32 Å². The molecule has 3 rings (SSSR count). The van der Waals surface area contributed by atoms with Gasteiger partial charge in [-0.1, -0.05) is 0 Å². The zero-order valence-corrected chi connectivity index (χ0v) is 14.6. The molecule has 0 bridgehead atoms. The fourth-order valence-electron chi connectivity index (χ4n) is 3.04. The molecule has 1 heterocycles. The van der Waals surface area contributed by atoms with Gasteiger partial charge in [0.2, 0.25) is 5.91 Å². The second-order valence-corrected chi connectivity index (χ2v) is 6.31. The molecule has 6 heteroatoms. The lowest BCUT2D eigenvalue weighted by molar-refractivity contribution is -0.122. The van der Waals surface area contributed by atoms with Crippen molar-refractivity contribution in [3.05, 3.63) is 23.3 Å². The van der Waals surface area contributed by atoms with Gasteiger partial charge in [-0.15, -0.1) is 12.4 Å². The van der Waals surface area contributed by atoms with Gasteiger partial charge in [0.15, 0.2) is 0 Å². The number of hydrogen-bond acceptors (Lipinski definition) is 4. The molecule has 0 spiro atoms. The lowest BCUT2D eigenvalue weighted by Gasteiger charge is -2.13. The standard InChI is InChI=1S/C17H24N2O3.ClH/c1-4-21-16-6-11-5-9(2)22-15(11)8-13(16)12-7-14(12)19-17(20)10(3)18;/h6,8-10,12,14H,4-5,7,18H2,1-3H3,(H,19,20);1H/t9?,10-,12?,14?;/m1./s1. The van der Waals surface area contributed by atoms with Crippen molar-refractivity contribution < 1.29 is 14.3 Å². The topological polar surface area (TPSA) is 73.6 Å². The van der Waals surface area contributed by atoms with Crippen LogP contribution in [0.25, 0.3) is 0 Å². The predicted octanol–water partition coefficient (Wildman–Crippen LogP) is 2.15. The van der Waals surface area contributed by atoms with Crippen molar-refractivity contribution in [2.45, 2.75) is 57.7 Å². The van der Waals surface area contributed by atoms with Gasteiger partial charge < -0.3 is 20.5 Å².